The third kappa shape index (κ3) is 5.01. The highest BCUT2D eigenvalue weighted by Crippen LogP contribution is 2.32. The van der Waals surface area contributed by atoms with E-state index in [9.17, 15) is 14.0 Å². The molecule has 0 atom stereocenters. The van der Waals surface area contributed by atoms with E-state index in [1.807, 2.05) is 24.5 Å². The third-order valence-corrected chi connectivity index (χ3v) is 7.71. The predicted octanol–water partition coefficient (Wildman–Crippen LogP) is 4.59. The number of benzene rings is 1. The molecule has 198 valence electrons. The second-order valence-electron chi connectivity index (χ2n) is 10.2. The topological polar surface area (TPSA) is 63.7 Å². The quantitative estimate of drug-likeness (QED) is 0.380. The number of fused-ring (bicyclic) bond motifs is 1. The van der Waals surface area contributed by atoms with Gasteiger partial charge in [-0.25, -0.2) is 18.3 Å². The molecule has 39 heavy (non-hydrogen) atoms. The van der Waals surface area contributed by atoms with Crippen LogP contribution in [0, 0.1) is 23.0 Å². The molecule has 6 rings (SSSR count). The molecule has 0 radical (unpaired) electrons. The normalized spacial score (nSPS) is 16.9. The van der Waals surface area contributed by atoms with Crippen molar-refractivity contribution in [1.82, 2.24) is 24.4 Å². The molecule has 9 heteroatoms. The standard InChI is InChI=1S/C30H29F2N7/c1-36-9-7-21(8-10-36)23-15-25(30-24(16-33)18-35-39(30)19-23)22-5-6-29(34-17-22)38-13-11-37(12-14-38)20-26-27(31)3-2-4-28(26)32/h2-7,15,17-19H,8-14,20H2,1H3. The molecule has 0 unspecified atom stereocenters. The van der Waals surface area contributed by atoms with Gasteiger partial charge >= 0.3 is 0 Å². The molecule has 0 saturated carbocycles. The van der Waals surface area contributed by atoms with Crippen molar-refractivity contribution >= 4 is 16.9 Å². The van der Waals surface area contributed by atoms with Crippen LogP contribution in [-0.2, 0) is 6.54 Å². The van der Waals surface area contributed by atoms with Crippen LogP contribution in [-0.4, -0.2) is 70.7 Å². The highest BCUT2D eigenvalue weighted by Gasteiger charge is 2.21. The molecule has 7 nitrogen and oxygen atoms in total. The number of anilines is 1. The minimum Gasteiger partial charge on any atom is -0.354 e. The zero-order chi connectivity index (χ0) is 26.9. The maximum Gasteiger partial charge on any atom is 0.130 e. The first-order valence-electron chi connectivity index (χ1n) is 13.2. The first-order chi connectivity index (χ1) is 19.0. The molecule has 0 N–H and O–H groups in total. The van der Waals surface area contributed by atoms with Crippen molar-refractivity contribution in [2.75, 3.05) is 51.2 Å². The number of piperazine rings is 1. The van der Waals surface area contributed by atoms with Gasteiger partial charge in [-0.3, -0.25) is 4.90 Å². The molecule has 2 aliphatic heterocycles. The first kappa shape index (κ1) is 25.2. The van der Waals surface area contributed by atoms with Crippen LogP contribution in [0.5, 0.6) is 0 Å². The summed E-state index contributed by atoms with van der Waals surface area (Å²) in [7, 11) is 2.12. The Hall–Kier alpha value is -4.13. The molecular weight excluding hydrogens is 496 g/mol. The van der Waals surface area contributed by atoms with Gasteiger partial charge in [0.2, 0.25) is 0 Å². The van der Waals surface area contributed by atoms with Crippen LogP contribution < -0.4 is 4.90 Å². The van der Waals surface area contributed by atoms with Crippen LogP contribution in [0.4, 0.5) is 14.6 Å². The summed E-state index contributed by atoms with van der Waals surface area (Å²) in [5.41, 5.74) is 5.66. The fourth-order valence-electron chi connectivity index (χ4n) is 5.41. The Bertz CT molecular complexity index is 1560. The lowest BCUT2D eigenvalue weighted by atomic mass is 9.96. The molecule has 0 amide bonds. The highest BCUT2D eigenvalue weighted by atomic mass is 19.1. The number of hydrogen-bond donors (Lipinski definition) is 0. The van der Waals surface area contributed by atoms with Crippen LogP contribution in [0.3, 0.4) is 0 Å². The predicted molar refractivity (Wildman–Crippen MR) is 147 cm³/mol. The Morgan fingerprint density at radius 1 is 0.974 bits per heavy atom. The number of rotatable bonds is 5. The molecular formula is C30H29F2N7. The van der Waals surface area contributed by atoms with Crippen LogP contribution in [0.2, 0.25) is 0 Å². The van der Waals surface area contributed by atoms with Gasteiger partial charge in [0.1, 0.15) is 23.5 Å². The Kier molecular flexibility index (Phi) is 6.81. The minimum absolute atomic E-state index is 0.120. The van der Waals surface area contributed by atoms with Crippen molar-refractivity contribution < 1.29 is 8.78 Å². The molecule has 0 aliphatic carbocycles. The summed E-state index contributed by atoms with van der Waals surface area (Å²) in [6, 6.07) is 12.5. The minimum atomic E-state index is -0.502. The van der Waals surface area contributed by atoms with Gasteiger partial charge in [-0.1, -0.05) is 12.1 Å². The molecule has 3 aromatic heterocycles. The summed E-state index contributed by atoms with van der Waals surface area (Å²) in [5.74, 6) is -0.148. The molecule has 1 fully saturated rings. The largest absolute Gasteiger partial charge is 0.354 e. The number of nitriles is 1. The van der Waals surface area contributed by atoms with Crippen molar-refractivity contribution in [2.45, 2.75) is 13.0 Å². The summed E-state index contributed by atoms with van der Waals surface area (Å²) < 4.78 is 30.0. The molecule has 5 heterocycles. The van der Waals surface area contributed by atoms with E-state index in [1.54, 1.807) is 10.7 Å². The number of likely N-dealkylation sites (N-methyl/N-ethyl adjacent to an activating group) is 1. The summed E-state index contributed by atoms with van der Waals surface area (Å²) in [5, 5.41) is 14.2. The fraction of sp³-hybridized carbons (Fsp3) is 0.300. The van der Waals surface area contributed by atoms with Crippen molar-refractivity contribution in [3.05, 3.63) is 89.4 Å². The lowest BCUT2D eigenvalue weighted by Gasteiger charge is -2.35. The molecule has 1 saturated heterocycles. The Labute approximate surface area is 226 Å². The summed E-state index contributed by atoms with van der Waals surface area (Å²) in [6.07, 6.45) is 8.68. The van der Waals surface area contributed by atoms with Gasteiger partial charge in [0.25, 0.3) is 0 Å². The smallest absolute Gasteiger partial charge is 0.130 e. The monoisotopic (exact) mass is 525 g/mol. The third-order valence-electron chi connectivity index (χ3n) is 7.71. The maximum atomic E-state index is 14.1. The van der Waals surface area contributed by atoms with Crippen molar-refractivity contribution in [2.24, 2.45) is 0 Å². The van der Waals surface area contributed by atoms with Gasteiger partial charge in [0, 0.05) is 74.9 Å². The highest BCUT2D eigenvalue weighted by molar-refractivity contribution is 5.87. The number of halogens is 2. The van der Waals surface area contributed by atoms with Crippen molar-refractivity contribution in [3.63, 3.8) is 0 Å². The van der Waals surface area contributed by atoms with Gasteiger partial charge in [0.15, 0.2) is 0 Å². The Morgan fingerprint density at radius 2 is 1.77 bits per heavy atom. The van der Waals surface area contributed by atoms with Crippen LogP contribution >= 0.6 is 0 Å². The summed E-state index contributed by atoms with van der Waals surface area (Å²) >= 11 is 0. The Balaban J connectivity index is 1.22. The SMILES string of the molecule is CN1CC=C(c2cc(-c3ccc(N4CCN(Cc5c(F)cccc5F)CC4)nc3)c3c(C#N)cnn3c2)CC1. The first-order valence-corrected chi connectivity index (χ1v) is 13.2. The van der Waals surface area contributed by atoms with E-state index in [-0.39, 0.29) is 12.1 Å². The van der Waals surface area contributed by atoms with E-state index in [4.69, 9.17) is 4.98 Å². The van der Waals surface area contributed by atoms with E-state index in [1.165, 1.54) is 23.8 Å². The van der Waals surface area contributed by atoms with E-state index >= 15 is 0 Å². The number of nitrogens with zero attached hydrogens (tertiary/aromatic N) is 7. The van der Waals surface area contributed by atoms with Crippen molar-refractivity contribution in [1.29, 1.82) is 5.26 Å². The molecule has 1 aromatic carbocycles. The molecule has 4 aromatic rings. The average molecular weight is 526 g/mol. The van der Waals surface area contributed by atoms with Crippen LogP contribution in [0.15, 0.2) is 61.1 Å². The lowest BCUT2D eigenvalue weighted by molar-refractivity contribution is 0.242. The zero-order valence-electron chi connectivity index (χ0n) is 21.8. The van der Waals surface area contributed by atoms with E-state index < -0.39 is 11.6 Å². The van der Waals surface area contributed by atoms with E-state index in [0.29, 0.717) is 31.7 Å². The van der Waals surface area contributed by atoms with Gasteiger partial charge in [-0.15, -0.1) is 0 Å². The lowest BCUT2D eigenvalue weighted by Crippen LogP contribution is -2.46. The molecule has 0 spiro atoms. The number of hydrogen-bond acceptors (Lipinski definition) is 6. The Morgan fingerprint density at radius 3 is 2.44 bits per heavy atom. The summed E-state index contributed by atoms with van der Waals surface area (Å²) in [4.78, 5) is 11.3. The average Bonchev–Trinajstić information content (AvgIpc) is 3.39. The van der Waals surface area contributed by atoms with Gasteiger partial charge in [-0.2, -0.15) is 10.4 Å². The van der Waals surface area contributed by atoms with Crippen LogP contribution in [0.1, 0.15) is 23.1 Å². The van der Waals surface area contributed by atoms with E-state index in [0.717, 1.165) is 47.5 Å². The molecule has 2 aliphatic rings. The molecule has 0 bridgehead atoms. The van der Waals surface area contributed by atoms with Gasteiger partial charge in [-0.05, 0) is 54.9 Å². The number of pyridine rings is 2. The van der Waals surface area contributed by atoms with Gasteiger partial charge < -0.3 is 9.80 Å². The van der Waals surface area contributed by atoms with Crippen molar-refractivity contribution in [3.8, 4) is 17.2 Å². The zero-order valence-corrected chi connectivity index (χ0v) is 21.8. The van der Waals surface area contributed by atoms with Crippen LogP contribution in [0.25, 0.3) is 22.2 Å². The van der Waals surface area contributed by atoms with E-state index in [2.05, 4.69) is 45.1 Å². The second-order valence-corrected chi connectivity index (χ2v) is 10.2. The van der Waals surface area contributed by atoms with Gasteiger partial charge in [0.05, 0.1) is 17.3 Å². The second kappa shape index (κ2) is 10.6. The maximum absolute atomic E-state index is 14.1. The number of aromatic nitrogens is 3. The fourth-order valence-corrected chi connectivity index (χ4v) is 5.41. The summed E-state index contributed by atoms with van der Waals surface area (Å²) in [6.45, 7) is 4.96.